The summed E-state index contributed by atoms with van der Waals surface area (Å²) in [7, 11) is 0. The number of ether oxygens (including phenoxy) is 1. The molecule has 0 aliphatic heterocycles. The average molecular weight is 352 g/mol. The lowest BCUT2D eigenvalue weighted by Crippen LogP contribution is -2.30. The zero-order valence-corrected chi connectivity index (χ0v) is 14.1. The number of anilines is 1. The highest BCUT2D eigenvalue weighted by molar-refractivity contribution is 6.34. The van der Waals surface area contributed by atoms with Crippen molar-refractivity contribution in [1.29, 1.82) is 0 Å². The molecule has 1 atom stereocenters. The number of hydrogen-bond donors (Lipinski definition) is 1. The van der Waals surface area contributed by atoms with Crippen LogP contribution in [0.1, 0.15) is 24.2 Å². The van der Waals surface area contributed by atoms with Crippen molar-refractivity contribution in [1.82, 2.24) is 0 Å². The van der Waals surface area contributed by atoms with E-state index in [1.54, 1.807) is 49.4 Å². The molecule has 120 valence electrons. The molecule has 6 heteroatoms. The molecule has 0 aliphatic rings. The number of carbonyl (C=O) groups excluding carboxylic acids is 2. The first kappa shape index (κ1) is 17.3. The van der Waals surface area contributed by atoms with E-state index in [1.807, 2.05) is 0 Å². The molecule has 2 rings (SSSR count). The molecule has 0 aromatic heterocycles. The fourth-order valence-electron chi connectivity index (χ4n) is 1.91. The van der Waals surface area contributed by atoms with Gasteiger partial charge in [-0.05, 0) is 44.2 Å². The summed E-state index contributed by atoms with van der Waals surface area (Å²) in [6.07, 6.45) is -0.759. The number of amides is 1. The molecule has 0 spiro atoms. The summed E-state index contributed by atoms with van der Waals surface area (Å²) in [4.78, 5) is 23.5. The van der Waals surface area contributed by atoms with Gasteiger partial charge in [0.05, 0.1) is 0 Å². The van der Waals surface area contributed by atoms with Gasteiger partial charge in [-0.3, -0.25) is 9.59 Å². The average Bonchev–Trinajstić information content (AvgIpc) is 2.46. The standard InChI is InChI=1S/C17H15Cl2NO3/c1-10(21)12-4-3-5-15(6-12)20-17(22)11(2)23-16-8-13(18)7-14(19)9-16/h3-9,11H,1-2H3,(H,20,22). The number of benzene rings is 2. The Morgan fingerprint density at radius 1 is 1.09 bits per heavy atom. The van der Waals surface area contributed by atoms with E-state index in [4.69, 9.17) is 27.9 Å². The molecular weight excluding hydrogens is 337 g/mol. The number of rotatable bonds is 5. The van der Waals surface area contributed by atoms with Gasteiger partial charge in [0.1, 0.15) is 5.75 Å². The van der Waals surface area contributed by atoms with Gasteiger partial charge in [-0.2, -0.15) is 0 Å². The van der Waals surface area contributed by atoms with Crippen molar-refractivity contribution in [2.24, 2.45) is 0 Å². The molecule has 0 aliphatic carbocycles. The second-order valence-electron chi connectivity index (χ2n) is 4.99. The third kappa shape index (κ3) is 4.98. The van der Waals surface area contributed by atoms with Gasteiger partial charge in [0.2, 0.25) is 0 Å². The maximum atomic E-state index is 12.2. The second-order valence-corrected chi connectivity index (χ2v) is 5.86. The normalized spacial score (nSPS) is 11.7. The largest absolute Gasteiger partial charge is 0.481 e. The van der Waals surface area contributed by atoms with Crippen molar-refractivity contribution in [3.05, 3.63) is 58.1 Å². The highest BCUT2D eigenvalue weighted by Crippen LogP contribution is 2.25. The molecular formula is C17H15Cl2NO3. The Labute approximate surface area is 144 Å². The highest BCUT2D eigenvalue weighted by atomic mass is 35.5. The Balaban J connectivity index is 2.05. The molecule has 23 heavy (non-hydrogen) atoms. The van der Waals surface area contributed by atoms with E-state index >= 15 is 0 Å². The number of ketones is 1. The molecule has 0 saturated heterocycles. The van der Waals surface area contributed by atoms with E-state index in [2.05, 4.69) is 5.32 Å². The quantitative estimate of drug-likeness (QED) is 0.800. The van der Waals surface area contributed by atoms with Crippen molar-refractivity contribution in [2.45, 2.75) is 20.0 Å². The third-order valence-corrected chi connectivity index (χ3v) is 3.49. The summed E-state index contributed by atoms with van der Waals surface area (Å²) in [5, 5.41) is 3.55. The Morgan fingerprint density at radius 3 is 2.35 bits per heavy atom. The lowest BCUT2D eigenvalue weighted by Gasteiger charge is -2.15. The SMILES string of the molecule is CC(=O)c1cccc(NC(=O)C(C)Oc2cc(Cl)cc(Cl)c2)c1. The van der Waals surface area contributed by atoms with Crippen LogP contribution in [0.3, 0.4) is 0 Å². The van der Waals surface area contributed by atoms with Crippen molar-refractivity contribution >= 4 is 40.6 Å². The molecule has 1 unspecified atom stereocenters. The molecule has 4 nitrogen and oxygen atoms in total. The predicted molar refractivity (Wildman–Crippen MR) is 91.6 cm³/mol. The van der Waals surface area contributed by atoms with Crippen LogP contribution in [0.5, 0.6) is 5.75 Å². The summed E-state index contributed by atoms with van der Waals surface area (Å²) in [5.41, 5.74) is 1.06. The van der Waals surface area contributed by atoms with Crippen molar-refractivity contribution in [3.63, 3.8) is 0 Å². The van der Waals surface area contributed by atoms with Crippen LogP contribution in [0.15, 0.2) is 42.5 Å². The van der Waals surface area contributed by atoms with Gasteiger partial charge in [-0.15, -0.1) is 0 Å². The van der Waals surface area contributed by atoms with Crippen LogP contribution >= 0.6 is 23.2 Å². The fraction of sp³-hybridized carbons (Fsp3) is 0.176. The molecule has 0 fully saturated rings. The molecule has 2 aromatic carbocycles. The zero-order valence-electron chi connectivity index (χ0n) is 12.6. The Morgan fingerprint density at radius 2 is 1.74 bits per heavy atom. The van der Waals surface area contributed by atoms with Crippen LogP contribution in [0, 0.1) is 0 Å². The number of halogens is 2. The minimum atomic E-state index is -0.759. The molecule has 0 radical (unpaired) electrons. The van der Waals surface area contributed by atoms with E-state index < -0.39 is 6.10 Å². The summed E-state index contributed by atoms with van der Waals surface area (Å²) in [6.45, 7) is 3.08. The summed E-state index contributed by atoms with van der Waals surface area (Å²) in [6, 6.07) is 11.4. The summed E-state index contributed by atoms with van der Waals surface area (Å²) >= 11 is 11.8. The van der Waals surface area contributed by atoms with Gasteiger partial charge in [-0.25, -0.2) is 0 Å². The fourth-order valence-corrected chi connectivity index (χ4v) is 2.42. The molecule has 1 N–H and O–H groups in total. The lowest BCUT2D eigenvalue weighted by molar-refractivity contribution is -0.122. The minimum absolute atomic E-state index is 0.0704. The number of hydrogen-bond acceptors (Lipinski definition) is 3. The summed E-state index contributed by atoms with van der Waals surface area (Å²) < 4.78 is 5.54. The Kier molecular flexibility index (Phi) is 5.64. The maximum absolute atomic E-state index is 12.2. The smallest absolute Gasteiger partial charge is 0.265 e. The zero-order chi connectivity index (χ0) is 17.0. The van der Waals surface area contributed by atoms with Crippen LogP contribution in [0.2, 0.25) is 10.0 Å². The van der Waals surface area contributed by atoms with Crippen LogP contribution in [0.4, 0.5) is 5.69 Å². The molecule has 0 heterocycles. The van der Waals surface area contributed by atoms with Crippen molar-refractivity contribution in [3.8, 4) is 5.75 Å². The predicted octanol–water partition coefficient (Wildman–Crippen LogP) is 4.60. The van der Waals surface area contributed by atoms with Crippen LogP contribution in [0.25, 0.3) is 0 Å². The molecule has 0 bridgehead atoms. The van der Waals surface area contributed by atoms with Crippen molar-refractivity contribution in [2.75, 3.05) is 5.32 Å². The second kappa shape index (κ2) is 7.49. The maximum Gasteiger partial charge on any atom is 0.265 e. The first-order chi connectivity index (χ1) is 10.8. The van der Waals surface area contributed by atoms with E-state index in [1.165, 1.54) is 6.92 Å². The van der Waals surface area contributed by atoms with Crippen molar-refractivity contribution < 1.29 is 14.3 Å². The van der Waals surface area contributed by atoms with Crippen LogP contribution in [-0.4, -0.2) is 17.8 Å². The number of carbonyl (C=O) groups is 2. The van der Waals surface area contributed by atoms with Gasteiger partial charge in [-0.1, -0.05) is 35.3 Å². The van der Waals surface area contributed by atoms with E-state index in [-0.39, 0.29) is 11.7 Å². The van der Waals surface area contributed by atoms with E-state index in [0.717, 1.165) is 0 Å². The Hall–Kier alpha value is -2.04. The van der Waals surface area contributed by atoms with E-state index in [0.29, 0.717) is 27.0 Å². The molecule has 0 saturated carbocycles. The van der Waals surface area contributed by atoms with E-state index in [9.17, 15) is 9.59 Å². The minimum Gasteiger partial charge on any atom is -0.481 e. The highest BCUT2D eigenvalue weighted by Gasteiger charge is 2.16. The monoisotopic (exact) mass is 351 g/mol. The third-order valence-electron chi connectivity index (χ3n) is 3.05. The van der Waals surface area contributed by atoms with Gasteiger partial charge in [0.25, 0.3) is 5.91 Å². The topological polar surface area (TPSA) is 55.4 Å². The Bertz CT molecular complexity index is 726. The molecule has 1 amide bonds. The lowest BCUT2D eigenvalue weighted by atomic mass is 10.1. The van der Waals surface area contributed by atoms with Crippen LogP contribution < -0.4 is 10.1 Å². The first-order valence-corrected chi connectivity index (χ1v) is 7.65. The number of Topliss-reactive ketones (excluding diaryl/α,β-unsaturated/α-hetero) is 1. The van der Waals surface area contributed by atoms with Gasteiger partial charge in [0, 0.05) is 21.3 Å². The van der Waals surface area contributed by atoms with Gasteiger partial charge < -0.3 is 10.1 Å². The number of nitrogens with one attached hydrogen (secondary N) is 1. The van der Waals surface area contributed by atoms with Gasteiger partial charge in [0.15, 0.2) is 11.9 Å². The van der Waals surface area contributed by atoms with Gasteiger partial charge >= 0.3 is 0 Å². The molecule has 2 aromatic rings. The summed E-state index contributed by atoms with van der Waals surface area (Å²) in [5.74, 6) is -0.0107. The van der Waals surface area contributed by atoms with Crippen LogP contribution in [-0.2, 0) is 4.79 Å². The first-order valence-electron chi connectivity index (χ1n) is 6.90.